The van der Waals surface area contributed by atoms with Gasteiger partial charge in [0.25, 0.3) is 0 Å². The van der Waals surface area contributed by atoms with Crippen molar-refractivity contribution in [3.63, 3.8) is 0 Å². The first-order valence-electron chi connectivity index (χ1n) is 6.42. The summed E-state index contributed by atoms with van der Waals surface area (Å²) in [5.41, 5.74) is 3.24. The number of hydrogen-bond donors (Lipinski definition) is 2. The number of aryl methyl sites for hydroxylation is 1. The molecule has 3 heteroatoms. The van der Waals surface area contributed by atoms with E-state index in [1.54, 1.807) is 13.2 Å². The Kier molecular flexibility index (Phi) is 4.29. The van der Waals surface area contributed by atoms with Crippen LogP contribution in [-0.4, -0.2) is 12.2 Å². The lowest BCUT2D eigenvalue weighted by atomic mass is 10.1. The zero-order valence-corrected chi connectivity index (χ0v) is 11.3. The number of nitrogens with one attached hydrogen (secondary N) is 1. The SMILES string of the molecule is CCc1ccccc1NCc1ccc(OC)cc1O. The topological polar surface area (TPSA) is 41.5 Å². The number of anilines is 1. The minimum atomic E-state index is 0.251. The van der Waals surface area contributed by atoms with E-state index < -0.39 is 0 Å². The molecular weight excluding hydrogens is 238 g/mol. The summed E-state index contributed by atoms with van der Waals surface area (Å²) in [6.45, 7) is 2.72. The van der Waals surface area contributed by atoms with E-state index in [9.17, 15) is 5.11 Å². The molecule has 2 rings (SSSR count). The van der Waals surface area contributed by atoms with E-state index in [2.05, 4.69) is 24.4 Å². The zero-order valence-electron chi connectivity index (χ0n) is 11.3. The molecule has 0 aliphatic rings. The minimum Gasteiger partial charge on any atom is -0.507 e. The molecule has 100 valence electrons. The van der Waals surface area contributed by atoms with Gasteiger partial charge in [0.2, 0.25) is 0 Å². The molecule has 0 saturated heterocycles. The number of benzene rings is 2. The van der Waals surface area contributed by atoms with E-state index in [0.717, 1.165) is 17.7 Å². The highest BCUT2D eigenvalue weighted by Crippen LogP contribution is 2.25. The third-order valence-corrected chi connectivity index (χ3v) is 3.16. The molecular formula is C16H19NO2. The predicted molar refractivity (Wildman–Crippen MR) is 77.8 cm³/mol. The molecule has 0 spiro atoms. The smallest absolute Gasteiger partial charge is 0.124 e. The van der Waals surface area contributed by atoms with Crippen molar-refractivity contribution < 1.29 is 9.84 Å². The van der Waals surface area contributed by atoms with Crippen LogP contribution in [-0.2, 0) is 13.0 Å². The lowest BCUT2D eigenvalue weighted by Gasteiger charge is -2.12. The average Bonchev–Trinajstić information content (AvgIpc) is 2.46. The number of rotatable bonds is 5. The molecule has 2 aromatic carbocycles. The van der Waals surface area contributed by atoms with Crippen molar-refractivity contribution in [3.8, 4) is 11.5 Å². The molecule has 0 fully saturated rings. The van der Waals surface area contributed by atoms with Crippen molar-refractivity contribution in [2.75, 3.05) is 12.4 Å². The third-order valence-electron chi connectivity index (χ3n) is 3.16. The number of ether oxygens (including phenoxy) is 1. The zero-order chi connectivity index (χ0) is 13.7. The van der Waals surface area contributed by atoms with Crippen LogP contribution in [0.25, 0.3) is 0 Å². The second-order valence-corrected chi connectivity index (χ2v) is 4.36. The van der Waals surface area contributed by atoms with E-state index in [-0.39, 0.29) is 5.75 Å². The number of para-hydroxylation sites is 1. The molecule has 0 amide bonds. The van der Waals surface area contributed by atoms with E-state index in [0.29, 0.717) is 12.3 Å². The molecule has 0 saturated carbocycles. The lowest BCUT2D eigenvalue weighted by molar-refractivity contribution is 0.406. The fourth-order valence-corrected chi connectivity index (χ4v) is 2.01. The first kappa shape index (κ1) is 13.3. The summed E-state index contributed by atoms with van der Waals surface area (Å²) in [6.07, 6.45) is 0.984. The van der Waals surface area contributed by atoms with Crippen LogP contribution >= 0.6 is 0 Å². The normalized spacial score (nSPS) is 10.2. The Morgan fingerprint density at radius 1 is 1.11 bits per heavy atom. The van der Waals surface area contributed by atoms with Crippen LogP contribution in [0.1, 0.15) is 18.1 Å². The first-order valence-corrected chi connectivity index (χ1v) is 6.42. The summed E-state index contributed by atoms with van der Waals surface area (Å²) in [7, 11) is 1.59. The average molecular weight is 257 g/mol. The Hall–Kier alpha value is -2.16. The van der Waals surface area contributed by atoms with E-state index >= 15 is 0 Å². The molecule has 0 unspecified atom stereocenters. The van der Waals surface area contributed by atoms with Crippen LogP contribution in [0.15, 0.2) is 42.5 Å². The molecule has 2 aromatic rings. The molecule has 3 nitrogen and oxygen atoms in total. The van der Waals surface area contributed by atoms with Crippen LogP contribution in [0, 0.1) is 0 Å². The molecule has 0 heterocycles. The van der Waals surface area contributed by atoms with Crippen molar-refractivity contribution in [3.05, 3.63) is 53.6 Å². The highest BCUT2D eigenvalue weighted by molar-refractivity contribution is 5.52. The van der Waals surface area contributed by atoms with Gasteiger partial charge in [-0.05, 0) is 30.2 Å². The van der Waals surface area contributed by atoms with Crippen molar-refractivity contribution >= 4 is 5.69 Å². The van der Waals surface area contributed by atoms with Crippen molar-refractivity contribution in [2.45, 2.75) is 19.9 Å². The van der Waals surface area contributed by atoms with Gasteiger partial charge in [0.15, 0.2) is 0 Å². The van der Waals surface area contributed by atoms with Crippen molar-refractivity contribution in [1.82, 2.24) is 0 Å². The van der Waals surface area contributed by atoms with Gasteiger partial charge in [-0.15, -0.1) is 0 Å². The van der Waals surface area contributed by atoms with E-state index in [1.165, 1.54) is 5.56 Å². The maximum atomic E-state index is 9.91. The van der Waals surface area contributed by atoms with Gasteiger partial charge in [0, 0.05) is 23.9 Å². The molecule has 0 aliphatic carbocycles. The maximum Gasteiger partial charge on any atom is 0.124 e. The second-order valence-electron chi connectivity index (χ2n) is 4.36. The largest absolute Gasteiger partial charge is 0.507 e. The minimum absolute atomic E-state index is 0.251. The highest BCUT2D eigenvalue weighted by Gasteiger charge is 2.04. The Morgan fingerprint density at radius 2 is 1.89 bits per heavy atom. The lowest BCUT2D eigenvalue weighted by Crippen LogP contribution is -2.02. The summed E-state index contributed by atoms with van der Waals surface area (Å²) in [4.78, 5) is 0. The van der Waals surface area contributed by atoms with Gasteiger partial charge in [0.1, 0.15) is 11.5 Å². The summed E-state index contributed by atoms with van der Waals surface area (Å²) in [6, 6.07) is 13.6. The molecule has 19 heavy (non-hydrogen) atoms. The van der Waals surface area contributed by atoms with Gasteiger partial charge in [-0.25, -0.2) is 0 Å². The quantitative estimate of drug-likeness (QED) is 0.860. The number of phenols is 1. The maximum absolute atomic E-state index is 9.91. The Bertz CT molecular complexity index is 552. The Morgan fingerprint density at radius 3 is 2.58 bits per heavy atom. The number of hydrogen-bond acceptors (Lipinski definition) is 3. The van der Waals surface area contributed by atoms with Crippen molar-refractivity contribution in [2.24, 2.45) is 0 Å². The van der Waals surface area contributed by atoms with Gasteiger partial charge in [0.05, 0.1) is 7.11 Å². The number of aromatic hydroxyl groups is 1. The second kappa shape index (κ2) is 6.14. The van der Waals surface area contributed by atoms with Gasteiger partial charge >= 0.3 is 0 Å². The van der Waals surface area contributed by atoms with Crippen LogP contribution in [0.2, 0.25) is 0 Å². The van der Waals surface area contributed by atoms with Crippen LogP contribution in [0.4, 0.5) is 5.69 Å². The van der Waals surface area contributed by atoms with Crippen LogP contribution in [0.5, 0.6) is 11.5 Å². The molecule has 0 radical (unpaired) electrons. The van der Waals surface area contributed by atoms with Gasteiger partial charge in [-0.1, -0.05) is 25.1 Å². The Balaban J connectivity index is 2.10. The van der Waals surface area contributed by atoms with E-state index in [4.69, 9.17) is 4.74 Å². The van der Waals surface area contributed by atoms with Crippen LogP contribution < -0.4 is 10.1 Å². The fraction of sp³-hybridized carbons (Fsp3) is 0.250. The molecule has 0 aromatic heterocycles. The molecule has 0 atom stereocenters. The molecule has 0 bridgehead atoms. The monoisotopic (exact) mass is 257 g/mol. The summed E-state index contributed by atoms with van der Waals surface area (Å²) in [5, 5.41) is 13.3. The van der Waals surface area contributed by atoms with Gasteiger partial charge in [-0.2, -0.15) is 0 Å². The first-order chi connectivity index (χ1) is 9.24. The van der Waals surface area contributed by atoms with Crippen LogP contribution in [0.3, 0.4) is 0 Å². The summed E-state index contributed by atoms with van der Waals surface area (Å²) in [5.74, 6) is 0.913. The number of phenolic OH excluding ortho intramolecular Hbond substituents is 1. The molecule has 0 aliphatic heterocycles. The third kappa shape index (κ3) is 3.19. The number of methoxy groups -OCH3 is 1. The predicted octanol–water partition coefficient (Wildman–Crippen LogP) is 3.58. The van der Waals surface area contributed by atoms with Gasteiger partial charge < -0.3 is 15.2 Å². The summed E-state index contributed by atoms with van der Waals surface area (Å²) >= 11 is 0. The standard InChI is InChI=1S/C16H19NO2/c1-3-12-6-4-5-7-15(12)17-11-13-8-9-14(19-2)10-16(13)18/h4-10,17-18H,3,11H2,1-2H3. The fourth-order valence-electron chi connectivity index (χ4n) is 2.01. The van der Waals surface area contributed by atoms with Gasteiger partial charge in [-0.3, -0.25) is 0 Å². The molecule has 2 N–H and O–H groups in total. The Labute approximate surface area is 113 Å². The van der Waals surface area contributed by atoms with Crippen molar-refractivity contribution in [1.29, 1.82) is 0 Å². The summed E-state index contributed by atoms with van der Waals surface area (Å²) < 4.78 is 5.07. The highest BCUT2D eigenvalue weighted by atomic mass is 16.5. The van der Waals surface area contributed by atoms with E-state index in [1.807, 2.05) is 24.3 Å².